The predicted octanol–water partition coefficient (Wildman–Crippen LogP) is -2.20. The number of fused-ring (bicyclic) bond motifs is 1. The van der Waals surface area contributed by atoms with Gasteiger partial charge in [0.15, 0.2) is 40.6 Å². The van der Waals surface area contributed by atoms with E-state index in [1.807, 2.05) is 0 Å². The summed E-state index contributed by atoms with van der Waals surface area (Å²) < 4.78 is 51.3. The van der Waals surface area contributed by atoms with Gasteiger partial charge in [0, 0.05) is 29.8 Å². The predicted molar refractivity (Wildman–Crippen MR) is 258 cm³/mol. The third-order valence-corrected chi connectivity index (χ3v) is 12.8. The van der Waals surface area contributed by atoms with Crippen molar-refractivity contribution in [1.29, 1.82) is 0 Å². The van der Waals surface area contributed by atoms with Gasteiger partial charge in [0.2, 0.25) is 24.6 Å². The highest BCUT2D eigenvalue weighted by Gasteiger charge is 2.49. The quantitative estimate of drug-likeness (QED) is 0.0322. The maximum atomic E-state index is 12.6. The molecular formula is C51H54O28. The zero-order valence-electron chi connectivity index (χ0n) is 40.6. The van der Waals surface area contributed by atoms with Crippen molar-refractivity contribution in [3.8, 4) is 57.5 Å². The van der Waals surface area contributed by atoms with Gasteiger partial charge in [-0.05, 0) is 65.8 Å². The topological polar surface area (TPSA) is 461 Å². The van der Waals surface area contributed by atoms with E-state index in [9.17, 15) is 96.4 Å². The number of carbonyl (C=O) groups is 2. The van der Waals surface area contributed by atoms with Crippen LogP contribution in [-0.2, 0) is 38.0 Å². The van der Waals surface area contributed by atoms with Crippen molar-refractivity contribution >= 4 is 30.2 Å². The van der Waals surface area contributed by atoms with Crippen LogP contribution >= 0.6 is 0 Å². The fourth-order valence-electron chi connectivity index (χ4n) is 8.40. The summed E-state index contributed by atoms with van der Waals surface area (Å²) >= 11 is 0. The van der Waals surface area contributed by atoms with E-state index in [1.54, 1.807) is 0 Å². The molecule has 28 nitrogen and oxygen atoms in total. The van der Waals surface area contributed by atoms with Crippen molar-refractivity contribution < 1.29 is 139 Å². The Hall–Kier alpha value is -7.68. The molecular weight excluding hydrogens is 1060 g/mol. The smallest absolute Gasteiger partial charge is 0.330 e. The number of hydrogen-bond acceptors (Lipinski definition) is 28. The van der Waals surface area contributed by atoms with Crippen molar-refractivity contribution in [2.75, 3.05) is 19.8 Å². The second-order valence-corrected chi connectivity index (χ2v) is 18.3. The minimum atomic E-state index is -2.09. The summed E-state index contributed by atoms with van der Waals surface area (Å²) in [6.45, 7) is -2.39. The number of aliphatic hydroxyl groups is 10. The summed E-state index contributed by atoms with van der Waals surface area (Å²) in [6.07, 6.45) is -24.6. The molecule has 28 heteroatoms. The van der Waals surface area contributed by atoms with Crippen LogP contribution in [0.15, 0.2) is 78.6 Å². The number of phenols is 7. The Bertz CT molecular complexity index is 2940. The van der Waals surface area contributed by atoms with E-state index >= 15 is 0 Å². The maximum Gasteiger partial charge on any atom is 0.330 e. The van der Waals surface area contributed by atoms with Crippen LogP contribution in [0.4, 0.5) is 0 Å². The van der Waals surface area contributed by atoms with Gasteiger partial charge in [0.1, 0.15) is 109 Å². The second-order valence-electron chi connectivity index (χ2n) is 18.3. The van der Waals surface area contributed by atoms with E-state index in [0.29, 0.717) is 5.56 Å². The number of benzene rings is 4. The van der Waals surface area contributed by atoms with Gasteiger partial charge in [0.25, 0.3) is 0 Å². The molecule has 4 aliphatic rings. The number of hydrogen-bond donors (Lipinski definition) is 17. The highest BCUT2D eigenvalue weighted by molar-refractivity contribution is 5.87. The molecule has 3 fully saturated rings. The van der Waals surface area contributed by atoms with Crippen LogP contribution in [0.25, 0.3) is 18.2 Å². The largest absolute Gasteiger partial charge is 0.508 e. The molecule has 0 aromatic heterocycles. The normalized spacial score (nSPS) is 30.7. The SMILES string of the molecule is O=C(/C=C/c1ccc(O)c(O)c1)OC[C@@H]1O[C@@H](Oc2cc(O)cc3c2C=C(O[C@@H]2O[C@H](CO)[C@@H](O)[C@H](O)[C@H]2O)C(c2cc(O)c(O)c(O[C@@H]4O[C@H](COC(=O)/C=C/c5ccc(O)c(O)c5)[C@@H](O)[C@H](O)[C@@H]4O)c2)O3)[C@@H](O)[C@@H](O)[C@@H]1O. The Kier molecular flexibility index (Phi) is 17.6. The first-order valence-corrected chi connectivity index (χ1v) is 23.8. The molecule has 4 aliphatic heterocycles. The first-order chi connectivity index (χ1) is 37.5. The minimum Gasteiger partial charge on any atom is -0.508 e. The molecule has 4 aromatic rings. The highest BCUT2D eigenvalue weighted by atomic mass is 16.7. The average Bonchev–Trinajstić information content (AvgIpc) is 3.48. The Morgan fingerprint density at radius 1 is 0.494 bits per heavy atom. The Labute approximate surface area is 444 Å². The summed E-state index contributed by atoms with van der Waals surface area (Å²) in [5.41, 5.74) is 0.165. The lowest BCUT2D eigenvalue weighted by Crippen LogP contribution is -2.60. The molecule has 16 atom stereocenters. The van der Waals surface area contributed by atoms with Crippen LogP contribution in [0.5, 0.6) is 57.5 Å². The van der Waals surface area contributed by atoms with Crippen molar-refractivity contribution in [3.63, 3.8) is 0 Å². The highest BCUT2D eigenvalue weighted by Crippen LogP contribution is 2.48. The Balaban J connectivity index is 1.05. The standard InChI is InChI=1S/C51H54O28/c52-16-33-39(62)42(65)45(68)51(77-33)76-32-15-23-29(13-22(53)14-30(23)74-49-46(69)43(66)40(63)34(78-49)17-71-36(59)7-3-19-1-5-24(54)26(56)9-19)73-48(32)21-11-28(58)38(61)31(12-21)75-50-47(70)44(67)41(64)35(79-50)18-72-37(60)8-4-20-2-6-25(55)27(57)10-20/h1-15,33-35,39-58,61-70H,16-18H2/b7-3+,8-4+/t33-,34+,35-,39-,40-,41-,42+,43+,44+,45-,46+,47+,48?,49-,50-,51-/m1/s1. The molecule has 426 valence electrons. The van der Waals surface area contributed by atoms with Gasteiger partial charge < -0.3 is 129 Å². The van der Waals surface area contributed by atoms with Crippen molar-refractivity contribution in [2.24, 2.45) is 0 Å². The molecule has 0 amide bonds. The van der Waals surface area contributed by atoms with E-state index in [4.69, 9.17) is 42.6 Å². The summed E-state index contributed by atoms with van der Waals surface area (Å²) in [6, 6.07) is 11.3. The molecule has 0 aliphatic carbocycles. The fraction of sp³-hybridized carbons (Fsp3) is 0.373. The van der Waals surface area contributed by atoms with Crippen molar-refractivity contribution in [1.82, 2.24) is 0 Å². The van der Waals surface area contributed by atoms with Gasteiger partial charge in [0.05, 0.1) is 12.2 Å². The van der Waals surface area contributed by atoms with Crippen LogP contribution in [0.1, 0.15) is 28.4 Å². The maximum absolute atomic E-state index is 12.6. The van der Waals surface area contributed by atoms with Crippen LogP contribution in [0.2, 0.25) is 0 Å². The summed E-state index contributed by atoms with van der Waals surface area (Å²) in [5, 5.41) is 179. The number of aliphatic hydroxyl groups excluding tert-OH is 10. The number of ether oxygens (including phenoxy) is 9. The van der Waals surface area contributed by atoms with Gasteiger partial charge >= 0.3 is 11.9 Å². The van der Waals surface area contributed by atoms with Crippen LogP contribution in [0, 0.1) is 0 Å². The number of carbonyl (C=O) groups excluding carboxylic acids is 2. The van der Waals surface area contributed by atoms with Gasteiger partial charge in [-0.1, -0.05) is 12.1 Å². The van der Waals surface area contributed by atoms with Crippen LogP contribution in [-0.4, -0.2) is 211 Å². The van der Waals surface area contributed by atoms with Gasteiger partial charge in [-0.25, -0.2) is 9.59 Å². The zero-order valence-corrected chi connectivity index (χ0v) is 40.6. The van der Waals surface area contributed by atoms with Gasteiger partial charge in [-0.15, -0.1) is 0 Å². The molecule has 0 radical (unpaired) electrons. The first kappa shape index (κ1) is 57.5. The van der Waals surface area contributed by atoms with E-state index in [-0.39, 0.29) is 22.4 Å². The lowest BCUT2D eigenvalue weighted by Gasteiger charge is -2.41. The zero-order chi connectivity index (χ0) is 57.1. The van der Waals surface area contributed by atoms with Crippen molar-refractivity contribution in [3.05, 3.63) is 101 Å². The second kappa shape index (κ2) is 24.1. The Morgan fingerprint density at radius 2 is 0.962 bits per heavy atom. The molecule has 1 unspecified atom stereocenters. The number of rotatable bonds is 16. The molecule has 8 rings (SSSR count). The third kappa shape index (κ3) is 12.8. The molecule has 0 saturated carbocycles. The van der Waals surface area contributed by atoms with E-state index in [2.05, 4.69) is 0 Å². The third-order valence-electron chi connectivity index (χ3n) is 12.8. The van der Waals surface area contributed by atoms with Crippen LogP contribution < -0.4 is 14.2 Å². The molecule has 4 heterocycles. The lowest BCUT2D eigenvalue weighted by atomic mass is 9.98. The molecule has 4 aromatic carbocycles. The number of phenolic OH excluding ortho intramolecular Hbond substituents is 7. The molecule has 3 saturated heterocycles. The molecule has 0 bridgehead atoms. The van der Waals surface area contributed by atoms with Crippen LogP contribution in [0.3, 0.4) is 0 Å². The van der Waals surface area contributed by atoms with Crippen molar-refractivity contribution in [2.45, 2.75) is 98.2 Å². The van der Waals surface area contributed by atoms with E-state index in [0.717, 1.165) is 54.6 Å². The van der Waals surface area contributed by atoms with E-state index in [1.165, 1.54) is 36.4 Å². The molecule has 17 N–H and O–H groups in total. The van der Waals surface area contributed by atoms with Gasteiger partial charge in [-0.2, -0.15) is 0 Å². The summed E-state index contributed by atoms with van der Waals surface area (Å²) in [7, 11) is 0. The minimum absolute atomic E-state index is 0.175. The monoisotopic (exact) mass is 1110 g/mol. The molecule has 79 heavy (non-hydrogen) atoms. The first-order valence-electron chi connectivity index (χ1n) is 23.8. The Morgan fingerprint density at radius 3 is 1.46 bits per heavy atom. The number of aromatic hydroxyl groups is 7. The summed E-state index contributed by atoms with van der Waals surface area (Å²) in [5.74, 6) is -8.13. The number of esters is 2. The van der Waals surface area contributed by atoms with Gasteiger partial charge in [-0.3, -0.25) is 0 Å². The fourth-order valence-corrected chi connectivity index (χ4v) is 8.40. The average molecular weight is 1110 g/mol. The van der Waals surface area contributed by atoms with E-state index < -0.39 is 187 Å². The molecule has 0 spiro atoms. The lowest BCUT2D eigenvalue weighted by molar-refractivity contribution is -0.293. The summed E-state index contributed by atoms with van der Waals surface area (Å²) in [4.78, 5) is 25.2.